The van der Waals surface area contributed by atoms with Crippen LogP contribution in [0.4, 0.5) is 0 Å². The number of cyclic esters (lactones) is 1. The van der Waals surface area contributed by atoms with Gasteiger partial charge in [-0.25, -0.2) is 14.8 Å². The molecule has 0 spiro atoms. The molecule has 41 heavy (non-hydrogen) atoms. The van der Waals surface area contributed by atoms with Crippen LogP contribution < -0.4 is 10.6 Å². The van der Waals surface area contributed by atoms with Gasteiger partial charge in [0.15, 0.2) is 16.3 Å². The molecule has 4 bridgehead atoms. The van der Waals surface area contributed by atoms with Gasteiger partial charge in [-0.2, -0.15) is 0 Å². The molecule has 12 heteroatoms. The number of ether oxygens (including phenoxy) is 2. The van der Waals surface area contributed by atoms with Gasteiger partial charge in [0.1, 0.15) is 25.0 Å². The molecular weight excluding hydrogens is 548 g/mol. The fourth-order valence-electron chi connectivity index (χ4n) is 4.26. The van der Waals surface area contributed by atoms with E-state index in [1.165, 1.54) is 30.9 Å². The molecule has 0 fully saturated rings. The van der Waals surface area contributed by atoms with Crippen molar-refractivity contribution in [1.29, 1.82) is 0 Å². The van der Waals surface area contributed by atoms with E-state index in [9.17, 15) is 19.2 Å². The average molecular weight is 591 g/mol. The first kappa shape index (κ1) is 32.4. The number of esters is 1. The molecule has 3 rings (SSSR count). The monoisotopic (exact) mass is 590 g/mol. The lowest BCUT2D eigenvalue weighted by Crippen LogP contribution is -2.53. The third kappa shape index (κ3) is 10.0. The van der Waals surface area contributed by atoms with Crippen molar-refractivity contribution in [2.75, 3.05) is 12.4 Å². The molecule has 1 aromatic rings. The summed E-state index contributed by atoms with van der Waals surface area (Å²) in [6.45, 7) is 7.34. The molecule has 3 heterocycles. The second kappa shape index (κ2) is 15.7. The van der Waals surface area contributed by atoms with Crippen molar-refractivity contribution >= 4 is 40.6 Å². The van der Waals surface area contributed by atoms with Gasteiger partial charge in [-0.1, -0.05) is 64.3 Å². The maximum atomic E-state index is 13.2. The summed E-state index contributed by atoms with van der Waals surface area (Å²) in [7, 11) is 0. The Balaban J connectivity index is 1.66. The van der Waals surface area contributed by atoms with E-state index in [0.717, 1.165) is 19.3 Å². The number of allylic oxidation sites excluding steroid dienone is 1. The van der Waals surface area contributed by atoms with Crippen molar-refractivity contribution in [2.45, 2.75) is 103 Å². The lowest BCUT2D eigenvalue weighted by molar-refractivity contribution is -0.153. The molecule has 0 radical (unpaired) electrons. The number of amides is 2. The summed E-state index contributed by atoms with van der Waals surface area (Å²) in [5, 5.41) is 5.65. The number of carbonyl (C=O) groups excluding carboxylic acids is 4. The summed E-state index contributed by atoms with van der Waals surface area (Å²) in [5.41, 5.74) is -0.955. The SMILES string of the molecule is CCCCCCCC(=O)SCC/C=C/[C@@H]1CC(=O)NCc2nc(co2)C2=N[C@@](C)(CO2)C(=O)NC(C(C)C)C(=O)O1. The van der Waals surface area contributed by atoms with E-state index in [-0.39, 0.29) is 48.3 Å². The highest BCUT2D eigenvalue weighted by atomic mass is 32.2. The summed E-state index contributed by atoms with van der Waals surface area (Å²) in [6, 6.07) is -0.963. The number of aliphatic imine (C=N–C) groups is 1. The molecule has 0 saturated carbocycles. The Hall–Kier alpha value is -3.15. The van der Waals surface area contributed by atoms with Gasteiger partial charge in [0.2, 0.25) is 17.7 Å². The van der Waals surface area contributed by atoms with Crippen LogP contribution in [0, 0.1) is 5.92 Å². The Morgan fingerprint density at radius 2 is 2.00 bits per heavy atom. The van der Waals surface area contributed by atoms with Gasteiger partial charge in [-0.05, 0) is 31.8 Å². The van der Waals surface area contributed by atoms with Crippen LogP contribution in [-0.2, 0) is 35.2 Å². The van der Waals surface area contributed by atoms with E-state index in [1.54, 1.807) is 26.8 Å². The van der Waals surface area contributed by atoms with Crippen LogP contribution in [-0.4, -0.2) is 63.8 Å². The van der Waals surface area contributed by atoms with Crippen LogP contribution in [0.3, 0.4) is 0 Å². The van der Waals surface area contributed by atoms with E-state index in [4.69, 9.17) is 13.9 Å². The van der Waals surface area contributed by atoms with E-state index in [2.05, 4.69) is 27.5 Å². The Kier molecular flexibility index (Phi) is 12.4. The van der Waals surface area contributed by atoms with Crippen LogP contribution in [0.25, 0.3) is 0 Å². The van der Waals surface area contributed by atoms with Crippen LogP contribution in [0.15, 0.2) is 27.8 Å². The molecule has 1 unspecified atom stereocenters. The fraction of sp³-hybridized carbons (Fsp3) is 0.655. The number of nitrogens with zero attached hydrogens (tertiary/aromatic N) is 2. The standard InChI is InChI=1S/C29H42N4O7S/c1-5-6-7-8-9-13-24(35)41-14-11-10-12-20-15-22(34)30-16-23-31-21(17-38-23)26-33-29(4,18-39-26)28(37)32-25(19(2)3)27(36)40-20/h10,12,17,19-20,25H,5-9,11,13-16,18H2,1-4H3,(H,30,34)(H,32,37)/b12-10+/t20-,25?,29+/m1/s1. The van der Waals surface area contributed by atoms with Gasteiger partial charge in [0.25, 0.3) is 5.91 Å². The Bertz CT molecular complexity index is 1130. The van der Waals surface area contributed by atoms with Gasteiger partial charge in [0, 0.05) is 12.2 Å². The number of nitrogens with one attached hydrogen (secondary N) is 2. The minimum atomic E-state index is -1.27. The molecule has 2 aliphatic rings. The first-order valence-electron chi connectivity index (χ1n) is 14.4. The molecule has 2 N–H and O–H groups in total. The van der Waals surface area contributed by atoms with Crippen LogP contribution in [0.5, 0.6) is 0 Å². The molecule has 0 aromatic carbocycles. The molecule has 1 aromatic heterocycles. The first-order valence-corrected chi connectivity index (χ1v) is 15.4. The Labute approximate surface area is 245 Å². The summed E-state index contributed by atoms with van der Waals surface area (Å²) in [4.78, 5) is 60.0. The predicted octanol–water partition coefficient (Wildman–Crippen LogP) is 3.85. The summed E-state index contributed by atoms with van der Waals surface area (Å²) in [6.07, 6.45) is 10.5. The molecule has 11 nitrogen and oxygen atoms in total. The number of carbonyl (C=O) groups is 4. The zero-order valence-electron chi connectivity index (χ0n) is 24.4. The smallest absolute Gasteiger partial charge is 0.329 e. The van der Waals surface area contributed by atoms with Crippen molar-refractivity contribution in [3.05, 3.63) is 30.0 Å². The molecule has 2 aliphatic heterocycles. The number of aromatic nitrogens is 1. The topological polar surface area (TPSA) is 149 Å². The molecule has 3 atom stereocenters. The van der Waals surface area contributed by atoms with Crippen LogP contribution >= 0.6 is 11.8 Å². The zero-order valence-corrected chi connectivity index (χ0v) is 25.2. The highest BCUT2D eigenvalue weighted by Gasteiger charge is 2.43. The quantitative estimate of drug-likeness (QED) is 0.223. The maximum Gasteiger partial charge on any atom is 0.329 e. The fourth-order valence-corrected chi connectivity index (χ4v) is 5.03. The number of hydrogen-bond acceptors (Lipinski definition) is 10. The number of thioether (sulfide) groups is 1. The van der Waals surface area contributed by atoms with Crippen molar-refractivity contribution in [3.63, 3.8) is 0 Å². The summed E-state index contributed by atoms with van der Waals surface area (Å²) in [5.74, 6) is -0.830. The van der Waals surface area contributed by atoms with Gasteiger partial charge < -0.3 is 24.5 Å². The summed E-state index contributed by atoms with van der Waals surface area (Å²) >= 11 is 1.29. The highest BCUT2D eigenvalue weighted by Crippen LogP contribution is 2.23. The van der Waals surface area contributed by atoms with E-state index >= 15 is 0 Å². The number of oxazole rings is 1. The Morgan fingerprint density at radius 3 is 2.76 bits per heavy atom. The molecule has 2 amide bonds. The molecular formula is C29H42N4O7S. The van der Waals surface area contributed by atoms with E-state index in [1.807, 2.05) is 6.08 Å². The molecule has 0 aliphatic carbocycles. The maximum absolute atomic E-state index is 13.2. The molecule has 0 saturated heterocycles. The summed E-state index contributed by atoms with van der Waals surface area (Å²) < 4.78 is 16.8. The van der Waals surface area contributed by atoms with Crippen LogP contribution in [0.2, 0.25) is 0 Å². The second-order valence-electron chi connectivity index (χ2n) is 10.9. The number of rotatable bonds is 11. The van der Waals surface area contributed by atoms with Crippen molar-refractivity contribution < 1.29 is 33.1 Å². The number of fused-ring (bicyclic) bond motifs is 4. The number of unbranched alkanes of at least 4 members (excludes halogenated alkanes) is 4. The largest absolute Gasteiger partial charge is 0.473 e. The minimum Gasteiger partial charge on any atom is -0.473 e. The lowest BCUT2D eigenvalue weighted by atomic mass is 10.00. The third-order valence-electron chi connectivity index (χ3n) is 6.78. The molecule has 226 valence electrons. The van der Waals surface area contributed by atoms with Crippen molar-refractivity contribution in [3.8, 4) is 0 Å². The zero-order chi connectivity index (χ0) is 29.8. The normalized spacial score (nSPS) is 23.6. The lowest BCUT2D eigenvalue weighted by Gasteiger charge is -2.26. The van der Waals surface area contributed by atoms with Gasteiger partial charge in [0.05, 0.1) is 13.0 Å². The van der Waals surface area contributed by atoms with Crippen LogP contribution in [0.1, 0.15) is 90.6 Å². The highest BCUT2D eigenvalue weighted by molar-refractivity contribution is 8.13. The van der Waals surface area contributed by atoms with Gasteiger partial charge in [-0.3, -0.25) is 14.4 Å². The number of hydrogen-bond donors (Lipinski definition) is 2. The minimum absolute atomic E-state index is 0.0140. The van der Waals surface area contributed by atoms with E-state index < -0.39 is 29.6 Å². The predicted molar refractivity (Wildman–Crippen MR) is 155 cm³/mol. The van der Waals surface area contributed by atoms with Gasteiger partial charge in [-0.15, -0.1) is 0 Å². The Morgan fingerprint density at radius 1 is 1.22 bits per heavy atom. The average Bonchev–Trinajstić information content (AvgIpc) is 3.56. The third-order valence-corrected chi connectivity index (χ3v) is 7.75. The first-order chi connectivity index (χ1) is 19.6. The van der Waals surface area contributed by atoms with Crippen molar-refractivity contribution in [1.82, 2.24) is 15.6 Å². The van der Waals surface area contributed by atoms with E-state index in [0.29, 0.717) is 24.3 Å². The second-order valence-corrected chi connectivity index (χ2v) is 12.0. The van der Waals surface area contributed by atoms with Gasteiger partial charge >= 0.3 is 5.97 Å². The van der Waals surface area contributed by atoms with Crippen molar-refractivity contribution in [2.24, 2.45) is 10.9 Å².